The zero-order valence-electron chi connectivity index (χ0n) is 20.3. The van der Waals surface area contributed by atoms with E-state index in [0.29, 0.717) is 52.2 Å². The lowest BCUT2D eigenvalue weighted by molar-refractivity contribution is -0.115. The molecule has 0 bridgehead atoms. The van der Waals surface area contributed by atoms with Crippen molar-refractivity contribution in [1.82, 2.24) is 9.88 Å². The molecule has 0 radical (unpaired) electrons. The monoisotopic (exact) mass is 577 g/mol. The fraction of sp³-hybridized carbons (Fsp3) is 0.240. The molecule has 1 unspecified atom stereocenters. The quantitative estimate of drug-likeness (QED) is 0.260. The summed E-state index contributed by atoms with van der Waals surface area (Å²) >= 11 is 12.5. The molecule has 0 saturated carbocycles. The number of carbonyl (C=O) groups is 1. The molecule has 1 aliphatic heterocycles. The summed E-state index contributed by atoms with van der Waals surface area (Å²) in [5.74, 6) is 0.371. The number of pyridine rings is 1. The normalized spacial score (nSPS) is 13.5. The highest BCUT2D eigenvalue weighted by Crippen LogP contribution is 2.33. The van der Waals surface area contributed by atoms with Crippen LogP contribution in [0.5, 0.6) is 0 Å². The Morgan fingerprint density at radius 1 is 1.22 bits per heavy atom. The Morgan fingerprint density at radius 3 is 2.68 bits per heavy atom. The number of nitrogens with zero attached hydrogens (tertiary/aromatic N) is 4. The summed E-state index contributed by atoms with van der Waals surface area (Å²) in [4.78, 5) is 21.0. The molecule has 0 aliphatic carbocycles. The van der Waals surface area contributed by atoms with E-state index in [-0.39, 0.29) is 17.2 Å². The average molecular weight is 578 g/mol. The van der Waals surface area contributed by atoms with Crippen LogP contribution in [0, 0.1) is 0 Å². The number of sulfonamides is 1. The van der Waals surface area contributed by atoms with Crippen LogP contribution in [-0.4, -0.2) is 51.2 Å². The van der Waals surface area contributed by atoms with Gasteiger partial charge in [0.25, 0.3) is 10.0 Å². The van der Waals surface area contributed by atoms with Crippen LogP contribution in [0.15, 0.2) is 58.0 Å². The minimum Gasteiger partial charge on any atom is -0.368 e. The molecule has 4 rings (SSSR count). The van der Waals surface area contributed by atoms with E-state index < -0.39 is 10.0 Å². The Labute approximate surface area is 229 Å². The van der Waals surface area contributed by atoms with E-state index in [0.717, 1.165) is 10.9 Å². The van der Waals surface area contributed by atoms with Gasteiger partial charge in [-0.25, -0.2) is 4.98 Å². The predicted octanol–water partition coefficient (Wildman–Crippen LogP) is 3.91. The lowest BCUT2D eigenvalue weighted by atomic mass is 9.98. The second-order valence-corrected chi connectivity index (χ2v) is 11.9. The molecule has 0 spiro atoms. The Morgan fingerprint density at radius 2 is 1.97 bits per heavy atom. The number of nitrogens with one attached hydrogen (secondary N) is 1. The molecule has 2 heterocycles. The van der Waals surface area contributed by atoms with Crippen LogP contribution in [0.4, 0.5) is 11.5 Å². The number of fused-ring (bicyclic) bond motifs is 1. The first-order valence-corrected chi connectivity index (χ1v) is 14.1. The average Bonchev–Trinajstić information content (AvgIpc) is 2.85. The summed E-state index contributed by atoms with van der Waals surface area (Å²) < 4.78 is 30.3. The van der Waals surface area contributed by atoms with E-state index >= 15 is 0 Å². The zero-order valence-corrected chi connectivity index (χ0v) is 23.8. The maximum Gasteiger partial charge on any atom is 0.284 e. The third-order valence-corrected chi connectivity index (χ3v) is 8.40. The van der Waals surface area contributed by atoms with Crippen molar-refractivity contribution in [3.05, 3.63) is 75.4 Å². The summed E-state index contributed by atoms with van der Waals surface area (Å²) in [5.41, 5.74) is 2.47. The first-order chi connectivity index (χ1) is 17.5. The van der Waals surface area contributed by atoms with Crippen LogP contribution in [0.25, 0.3) is 0 Å². The highest BCUT2D eigenvalue weighted by Gasteiger charge is 2.27. The summed E-state index contributed by atoms with van der Waals surface area (Å²) in [5, 5.41) is 4.68. The Kier molecular flexibility index (Phi) is 8.39. The van der Waals surface area contributed by atoms with Crippen LogP contribution < -0.4 is 15.5 Å². The van der Waals surface area contributed by atoms with Gasteiger partial charge in [-0.05, 0) is 47.4 Å². The van der Waals surface area contributed by atoms with Gasteiger partial charge in [0.1, 0.15) is 12.2 Å². The van der Waals surface area contributed by atoms with Crippen molar-refractivity contribution in [1.29, 1.82) is 0 Å². The van der Waals surface area contributed by atoms with Crippen molar-refractivity contribution >= 4 is 71.5 Å². The summed E-state index contributed by atoms with van der Waals surface area (Å²) in [6.45, 7) is 0.938. The van der Waals surface area contributed by atoms with Gasteiger partial charge in [0.05, 0.1) is 16.3 Å². The van der Waals surface area contributed by atoms with E-state index in [9.17, 15) is 13.2 Å². The van der Waals surface area contributed by atoms with Gasteiger partial charge in [0, 0.05) is 49.4 Å². The molecule has 194 valence electrons. The van der Waals surface area contributed by atoms with E-state index in [4.69, 9.17) is 23.2 Å². The molecule has 1 aliphatic rings. The van der Waals surface area contributed by atoms with Gasteiger partial charge < -0.3 is 15.1 Å². The summed E-state index contributed by atoms with van der Waals surface area (Å²) in [6, 6.07) is 12.1. The first-order valence-electron chi connectivity index (χ1n) is 11.4. The molecule has 1 aromatic heterocycles. The molecule has 1 N–H and O–H groups in total. The number of carbonyl (C=O) groups excluding carboxylic acids is 1. The van der Waals surface area contributed by atoms with E-state index in [1.54, 1.807) is 61.6 Å². The third-order valence-electron chi connectivity index (χ3n) is 5.77. The lowest BCUT2D eigenvalue weighted by Crippen LogP contribution is -2.32. The molecule has 0 fully saturated rings. The van der Waals surface area contributed by atoms with Crippen LogP contribution in [0.1, 0.15) is 16.7 Å². The topological polar surface area (TPSA) is 95.0 Å². The fourth-order valence-corrected chi connectivity index (χ4v) is 5.75. The van der Waals surface area contributed by atoms with Crippen LogP contribution >= 0.6 is 32.4 Å². The number of rotatable bonds is 7. The molecule has 8 nitrogen and oxygen atoms in total. The highest BCUT2D eigenvalue weighted by molar-refractivity contribution is 7.90. The number of amides is 1. The van der Waals surface area contributed by atoms with Crippen molar-refractivity contribution in [2.75, 3.05) is 30.9 Å². The summed E-state index contributed by atoms with van der Waals surface area (Å²) in [6.07, 6.45) is 3.43. The molecule has 1 amide bonds. The van der Waals surface area contributed by atoms with Crippen LogP contribution in [0.2, 0.25) is 10.0 Å². The van der Waals surface area contributed by atoms with Gasteiger partial charge in [-0.1, -0.05) is 41.4 Å². The molecule has 3 aromatic rings. The molecule has 37 heavy (non-hydrogen) atoms. The Balaban J connectivity index is 1.70. The van der Waals surface area contributed by atoms with Crippen molar-refractivity contribution < 1.29 is 13.2 Å². The third kappa shape index (κ3) is 6.60. The van der Waals surface area contributed by atoms with Gasteiger partial charge in [0.15, 0.2) is 0 Å². The number of hydrogen-bond donors (Lipinski definition) is 1. The predicted molar refractivity (Wildman–Crippen MR) is 153 cm³/mol. The van der Waals surface area contributed by atoms with Gasteiger partial charge >= 0.3 is 0 Å². The van der Waals surface area contributed by atoms with Crippen molar-refractivity contribution in [2.45, 2.75) is 24.3 Å². The highest BCUT2D eigenvalue weighted by atomic mass is 35.5. The lowest BCUT2D eigenvalue weighted by Gasteiger charge is -2.31. The van der Waals surface area contributed by atoms with Crippen LogP contribution in [-0.2, 0) is 34.2 Å². The maximum absolute atomic E-state index is 13.2. The Hall–Kier alpha value is -2.71. The number of aromatic nitrogens is 1. The largest absolute Gasteiger partial charge is 0.368 e. The van der Waals surface area contributed by atoms with Crippen molar-refractivity contribution in [2.24, 2.45) is 4.40 Å². The first kappa shape index (κ1) is 27.3. The van der Waals surface area contributed by atoms with Gasteiger partial charge in [-0.3, -0.25) is 4.79 Å². The maximum atomic E-state index is 13.2. The van der Waals surface area contributed by atoms with Gasteiger partial charge in [-0.15, -0.1) is 13.6 Å². The minimum atomic E-state index is -4.02. The van der Waals surface area contributed by atoms with Gasteiger partial charge in [0.2, 0.25) is 5.91 Å². The standard InChI is InChI=1S/C25H26Cl2N5O3PS/c1-31(2)15-29-37(34,35)23-11-18(30-25(33)10-16-5-3-4-6-20(16)26)9-17-14-32(8-7-19(17)23)24-12-21(27)22(36)13-28-24/h3-6,9,11-13,15H,7-8,10,14,36H2,1-2H3,(H,30,33)/b29-15+. The van der Waals surface area contributed by atoms with Crippen molar-refractivity contribution in [3.8, 4) is 0 Å². The second kappa shape index (κ2) is 11.4. The molecule has 2 aromatic carbocycles. The molecule has 0 saturated heterocycles. The Bertz CT molecular complexity index is 1480. The molecular weight excluding hydrogens is 552 g/mol. The van der Waals surface area contributed by atoms with E-state index in [1.165, 1.54) is 12.4 Å². The number of benzene rings is 2. The second-order valence-electron chi connectivity index (χ2n) is 8.82. The smallest absolute Gasteiger partial charge is 0.284 e. The van der Waals surface area contributed by atoms with Crippen molar-refractivity contribution in [3.63, 3.8) is 0 Å². The molecule has 12 heteroatoms. The van der Waals surface area contributed by atoms with E-state index in [1.807, 2.05) is 4.90 Å². The number of anilines is 2. The molecular formula is C25H26Cl2N5O3PS. The fourth-order valence-electron chi connectivity index (χ4n) is 3.99. The summed E-state index contributed by atoms with van der Waals surface area (Å²) in [7, 11) is 1.90. The minimum absolute atomic E-state index is 0.0492. The number of hydrogen-bond acceptors (Lipinski definition) is 5. The van der Waals surface area contributed by atoms with E-state index in [2.05, 4.69) is 23.9 Å². The SMILES string of the molecule is CN(C)/C=N/S(=O)(=O)c1cc(NC(=O)Cc2ccccc2Cl)cc2c1CCN(c1cc(Cl)c(P)cn1)C2. The van der Waals surface area contributed by atoms with Gasteiger partial charge in [-0.2, -0.15) is 8.42 Å². The molecule has 1 atom stereocenters. The number of halogens is 2. The van der Waals surface area contributed by atoms with Crippen LogP contribution in [0.3, 0.4) is 0 Å². The zero-order chi connectivity index (χ0) is 26.7.